The summed E-state index contributed by atoms with van der Waals surface area (Å²) in [6.07, 6.45) is 8.50. The third kappa shape index (κ3) is 2.77. The van der Waals surface area contributed by atoms with Gasteiger partial charge < -0.3 is 4.98 Å². The highest BCUT2D eigenvalue weighted by molar-refractivity contribution is 5.75. The van der Waals surface area contributed by atoms with Gasteiger partial charge in [0.25, 0.3) is 0 Å². The van der Waals surface area contributed by atoms with Crippen molar-refractivity contribution < 1.29 is 8.78 Å². The Labute approximate surface area is 111 Å². The van der Waals surface area contributed by atoms with Crippen molar-refractivity contribution in [2.24, 2.45) is 5.92 Å². The van der Waals surface area contributed by atoms with Crippen molar-refractivity contribution in [1.82, 2.24) is 9.97 Å². The smallest absolute Gasteiger partial charge is 0.153 e. The highest BCUT2D eigenvalue weighted by Crippen LogP contribution is 2.27. The van der Waals surface area contributed by atoms with Crippen LogP contribution in [0.4, 0.5) is 8.78 Å². The molecule has 1 aromatic carbocycles. The van der Waals surface area contributed by atoms with Gasteiger partial charge in [0.1, 0.15) is 17.2 Å². The fourth-order valence-corrected chi connectivity index (χ4v) is 3.03. The van der Waals surface area contributed by atoms with Crippen molar-refractivity contribution in [2.75, 3.05) is 0 Å². The minimum Gasteiger partial charge on any atom is -0.342 e. The summed E-state index contributed by atoms with van der Waals surface area (Å²) in [6.45, 7) is 0. The second kappa shape index (κ2) is 5.27. The van der Waals surface area contributed by atoms with Crippen molar-refractivity contribution in [3.8, 4) is 0 Å². The number of H-pyrrole nitrogens is 1. The zero-order chi connectivity index (χ0) is 13.2. The lowest BCUT2D eigenvalue weighted by molar-refractivity contribution is 0.337. The first kappa shape index (κ1) is 12.6. The molecule has 4 heteroatoms. The molecule has 0 amide bonds. The minimum absolute atomic E-state index is 0.250. The number of nitrogens with one attached hydrogen (secondary N) is 1. The molecule has 0 radical (unpaired) electrons. The molecule has 102 valence electrons. The number of nitrogens with zero attached hydrogens (tertiary/aromatic N) is 1. The topological polar surface area (TPSA) is 28.7 Å². The van der Waals surface area contributed by atoms with Crippen molar-refractivity contribution in [2.45, 2.75) is 44.9 Å². The van der Waals surface area contributed by atoms with Crippen LogP contribution in [0.3, 0.4) is 0 Å². The number of benzene rings is 1. The van der Waals surface area contributed by atoms with Gasteiger partial charge in [-0.1, -0.05) is 32.1 Å². The predicted octanol–water partition coefficient (Wildman–Crippen LogP) is 4.35. The van der Waals surface area contributed by atoms with E-state index in [2.05, 4.69) is 9.97 Å². The van der Waals surface area contributed by atoms with Crippen LogP contribution >= 0.6 is 0 Å². The van der Waals surface area contributed by atoms with Gasteiger partial charge in [0, 0.05) is 12.5 Å². The van der Waals surface area contributed by atoms with E-state index < -0.39 is 11.6 Å². The zero-order valence-electron chi connectivity index (χ0n) is 10.9. The third-order valence-corrected chi connectivity index (χ3v) is 4.07. The molecule has 1 fully saturated rings. The molecule has 1 heterocycles. The molecular weight excluding hydrogens is 246 g/mol. The van der Waals surface area contributed by atoms with Gasteiger partial charge in [-0.15, -0.1) is 0 Å². The zero-order valence-corrected chi connectivity index (χ0v) is 10.9. The van der Waals surface area contributed by atoms with Crippen LogP contribution in [0.1, 0.15) is 44.3 Å². The second-order valence-electron chi connectivity index (χ2n) is 5.51. The number of imidazole rings is 1. The van der Waals surface area contributed by atoms with Crippen LogP contribution in [0.5, 0.6) is 0 Å². The van der Waals surface area contributed by atoms with Crippen molar-refractivity contribution >= 4 is 11.0 Å². The highest BCUT2D eigenvalue weighted by Gasteiger charge is 2.15. The van der Waals surface area contributed by atoms with Crippen LogP contribution in [0.2, 0.25) is 0 Å². The molecule has 0 atom stereocenters. The first-order valence-corrected chi connectivity index (χ1v) is 7.06. The molecule has 1 aliphatic rings. The van der Waals surface area contributed by atoms with E-state index in [-0.39, 0.29) is 5.52 Å². The Hall–Kier alpha value is -1.45. The van der Waals surface area contributed by atoms with Crippen molar-refractivity contribution in [3.05, 3.63) is 29.6 Å². The average Bonchev–Trinajstić information content (AvgIpc) is 2.81. The van der Waals surface area contributed by atoms with Gasteiger partial charge in [-0.05, 0) is 18.4 Å². The molecule has 2 aromatic rings. The first-order valence-electron chi connectivity index (χ1n) is 7.06. The quantitative estimate of drug-likeness (QED) is 0.877. The van der Waals surface area contributed by atoms with Crippen LogP contribution < -0.4 is 0 Å². The van der Waals surface area contributed by atoms with Crippen LogP contribution in [-0.2, 0) is 6.42 Å². The Kier molecular flexibility index (Phi) is 3.49. The number of aryl methyl sites for hydroxylation is 1. The molecule has 0 saturated heterocycles. The first-order chi connectivity index (χ1) is 9.22. The monoisotopic (exact) mass is 264 g/mol. The number of hydrogen-bond acceptors (Lipinski definition) is 1. The molecule has 0 aliphatic heterocycles. The Morgan fingerprint density at radius 1 is 1.16 bits per heavy atom. The summed E-state index contributed by atoms with van der Waals surface area (Å²) in [5.74, 6) is 0.385. The second-order valence-corrected chi connectivity index (χ2v) is 5.51. The van der Waals surface area contributed by atoms with E-state index in [0.29, 0.717) is 5.52 Å². The van der Waals surface area contributed by atoms with Gasteiger partial charge in [0.15, 0.2) is 5.82 Å². The lowest BCUT2D eigenvalue weighted by Gasteiger charge is -2.20. The lowest BCUT2D eigenvalue weighted by atomic mass is 9.86. The Morgan fingerprint density at radius 3 is 2.74 bits per heavy atom. The molecule has 1 saturated carbocycles. The molecule has 3 rings (SSSR count). The molecule has 1 aliphatic carbocycles. The Balaban J connectivity index is 1.72. The SMILES string of the molecule is Fc1cc(F)c2nc(CCC3CCCCC3)[nH]c2c1. The Bertz CT molecular complexity index is 571. The lowest BCUT2D eigenvalue weighted by Crippen LogP contribution is -2.07. The van der Waals surface area contributed by atoms with Crippen molar-refractivity contribution in [1.29, 1.82) is 0 Å². The number of aromatic amines is 1. The summed E-state index contributed by atoms with van der Waals surface area (Å²) in [4.78, 5) is 7.27. The molecular formula is C15H18F2N2. The average molecular weight is 264 g/mol. The van der Waals surface area contributed by atoms with Gasteiger partial charge >= 0.3 is 0 Å². The van der Waals surface area contributed by atoms with Crippen LogP contribution in [-0.4, -0.2) is 9.97 Å². The molecule has 0 unspecified atom stereocenters. The summed E-state index contributed by atoms with van der Waals surface area (Å²) < 4.78 is 26.6. The van der Waals surface area contributed by atoms with Crippen LogP contribution in [0.15, 0.2) is 12.1 Å². The fraction of sp³-hybridized carbons (Fsp3) is 0.533. The van der Waals surface area contributed by atoms with Gasteiger partial charge in [0.05, 0.1) is 5.52 Å². The number of fused-ring (bicyclic) bond motifs is 1. The van der Waals surface area contributed by atoms with Gasteiger partial charge in [-0.3, -0.25) is 0 Å². The number of aromatic nitrogens is 2. The van der Waals surface area contributed by atoms with Gasteiger partial charge in [-0.2, -0.15) is 0 Å². The van der Waals surface area contributed by atoms with Gasteiger partial charge in [0.2, 0.25) is 0 Å². The molecule has 1 aromatic heterocycles. The summed E-state index contributed by atoms with van der Waals surface area (Å²) in [5.41, 5.74) is 0.705. The van der Waals surface area contributed by atoms with Crippen LogP contribution in [0, 0.1) is 17.6 Å². The van der Waals surface area contributed by atoms with Gasteiger partial charge in [-0.25, -0.2) is 13.8 Å². The largest absolute Gasteiger partial charge is 0.342 e. The maximum atomic E-state index is 13.5. The number of hydrogen-bond donors (Lipinski definition) is 1. The van der Waals surface area contributed by atoms with E-state index in [1.165, 1.54) is 38.2 Å². The highest BCUT2D eigenvalue weighted by atomic mass is 19.1. The summed E-state index contributed by atoms with van der Waals surface area (Å²) >= 11 is 0. The fourth-order valence-electron chi connectivity index (χ4n) is 3.03. The molecule has 0 bridgehead atoms. The maximum Gasteiger partial charge on any atom is 0.153 e. The van der Waals surface area contributed by atoms with E-state index in [4.69, 9.17) is 0 Å². The van der Waals surface area contributed by atoms with E-state index >= 15 is 0 Å². The normalized spacial score (nSPS) is 17.2. The maximum absolute atomic E-state index is 13.5. The number of rotatable bonds is 3. The third-order valence-electron chi connectivity index (χ3n) is 4.07. The van der Waals surface area contributed by atoms with Crippen molar-refractivity contribution in [3.63, 3.8) is 0 Å². The molecule has 19 heavy (non-hydrogen) atoms. The summed E-state index contributed by atoms with van der Waals surface area (Å²) in [7, 11) is 0. The van der Waals surface area contributed by atoms with E-state index in [0.717, 1.165) is 30.7 Å². The minimum atomic E-state index is -0.588. The van der Waals surface area contributed by atoms with Crippen LogP contribution in [0.25, 0.3) is 11.0 Å². The van der Waals surface area contributed by atoms with E-state index in [1.54, 1.807) is 0 Å². The molecule has 2 nitrogen and oxygen atoms in total. The van der Waals surface area contributed by atoms with E-state index in [1.807, 2.05) is 0 Å². The van der Waals surface area contributed by atoms with E-state index in [9.17, 15) is 8.78 Å². The molecule has 1 N–H and O–H groups in total. The standard InChI is InChI=1S/C15H18F2N2/c16-11-8-12(17)15-13(9-11)18-14(19-15)7-6-10-4-2-1-3-5-10/h8-10H,1-7H2,(H,18,19). The number of halogens is 2. The molecule has 0 spiro atoms. The summed E-state index contributed by atoms with van der Waals surface area (Å²) in [5, 5.41) is 0. The Morgan fingerprint density at radius 2 is 1.95 bits per heavy atom. The summed E-state index contributed by atoms with van der Waals surface area (Å²) in [6, 6.07) is 2.18. The predicted molar refractivity (Wildman–Crippen MR) is 70.9 cm³/mol.